The number of aryl methyl sites for hydroxylation is 1. The Kier molecular flexibility index (Phi) is 12.0. The second-order valence-electron chi connectivity index (χ2n) is 9.97. The van der Waals surface area contributed by atoms with Crippen LogP contribution >= 0.6 is 31.2 Å². The van der Waals surface area contributed by atoms with Crippen molar-refractivity contribution in [2.24, 2.45) is 0 Å². The van der Waals surface area contributed by atoms with Crippen LogP contribution in [0.1, 0.15) is 45.2 Å². The Morgan fingerprint density at radius 3 is 2.37 bits per heavy atom. The van der Waals surface area contributed by atoms with E-state index >= 15 is 0 Å². The van der Waals surface area contributed by atoms with Gasteiger partial charge in [0.2, 0.25) is 0 Å². The minimum atomic E-state index is -5.29. The van der Waals surface area contributed by atoms with E-state index in [2.05, 4.69) is 9.84 Å². The lowest BCUT2D eigenvalue weighted by Crippen LogP contribution is -2.47. The van der Waals surface area contributed by atoms with Gasteiger partial charge in [-0.05, 0) is 82.5 Å². The van der Waals surface area contributed by atoms with Gasteiger partial charge in [-0.15, -0.1) is 0 Å². The number of carbonyl (C=O) groups is 1. The molecular weight excluding hydrogens is 610 g/mol. The summed E-state index contributed by atoms with van der Waals surface area (Å²) in [6.07, 6.45) is -3.03. The smallest absolute Gasteiger partial charge is 0.416 e. The fourth-order valence-electron chi connectivity index (χ4n) is 3.30. The van der Waals surface area contributed by atoms with Gasteiger partial charge in [-0.25, -0.2) is 4.79 Å². The molecule has 0 fully saturated rings. The second kappa shape index (κ2) is 14.2. The Hall–Kier alpha value is -2.41. The first-order chi connectivity index (χ1) is 18.8. The normalized spacial score (nSPS) is 14.0. The summed E-state index contributed by atoms with van der Waals surface area (Å²) >= 11 is 7.51. The van der Waals surface area contributed by atoms with Gasteiger partial charge in [0.1, 0.15) is 19.2 Å². The van der Waals surface area contributed by atoms with Crippen LogP contribution in [0.2, 0.25) is 5.02 Å². The number of ether oxygens (including phenoxy) is 3. The van der Waals surface area contributed by atoms with Crippen LogP contribution in [-0.2, 0) is 31.2 Å². The summed E-state index contributed by atoms with van der Waals surface area (Å²) in [5.41, 5.74) is -2.25. The van der Waals surface area contributed by atoms with E-state index in [1.807, 2.05) is 0 Å². The first-order valence-corrected chi connectivity index (χ1v) is 14.6. The van der Waals surface area contributed by atoms with Crippen molar-refractivity contribution in [1.82, 2.24) is 5.32 Å². The third kappa shape index (κ3) is 12.6. The van der Waals surface area contributed by atoms with Crippen molar-refractivity contribution in [3.8, 4) is 5.75 Å². The number of methoxy groups -OCH3 is 1. The average Bonchev–Trinajstić information content (AvgIpc) is 2.80. The van der Waals surface area contributed by atoms with Gasteiger partial charge < -0.3 is 38.4 Å². The molecule has 15 heteroatoms. The maximum Gasteiger partial charge on any atom is 0.416 e. The number of phosphoric acid groups is 1. The third-order valence-electron chi connectivity index (χ3n) is 5.18. The fourth-order valence-corrected chi connectivity index (χ4v) is 4.83. The molecule has 2 aromatic carbocycles. The minimum absolute atomic E-state index is 0.157. The van der Waals surface area contributed by atoms with Gasteiger partial charge in [-0.3, -0.25) is 0 Å². The lowest BCUT2D eigenvalue weighted by molar-refractivity contribution is -0.337. The van der Waals surface area contributed by atoms with Crippen LogP contribution in [0.5, 0.6) is 5.75 Å². The summed E-state index contributed by atoms with van der Waals surface area (Å²) in [6.45, 7) is 6.40. The predicted octanol–water partition coefficient (Wildman–Crippen LogP) is 6.07. The van der Waals surface area contributed by atoms with Gasteiger partial charge in [-0.2, -0.15) is 13.2 Å². The summed E-state index contributed by atoms with van der Waals surface area (Å²) in [5.74, 6) is 0.198. The maximum atomic E-state index is 13.3. The van der Waals surface area contributed by atoms with Crippen molar-refractivity contribution >= 4 is 37.3 Å². The maximum absolute atomic E-state index is 13.3. The SMILES string of the molecule is COCOc1ccc(C(F)(F)F)cc1Sc1ccc(CC[C@@](C)(C=COP(=O)([O-])[O-])NC(=O)OC(C)(C)C)c(Cl)c1. The zero-order chi connectivity index (χ0) is 31.1. The molecule has 0 saturated heterocycles. The lowest BCUT2D eigenvalue weighted by Gasteiger charge is -2.31. The monoisotopic (exact) mass is 639 g/mol. The largest absolute Gasteiger partial charge is 0.780 e. The van der Waals surface area contributed by atoms with Gasteiger partial charge in [0, 0.05) is 17.0 Å². The molecule has 0 aliphatic heterocycles. The van der Waals surface area contributed by atoms with Crippen molar-refractivity contribution in [3.63, 3.8) is 0 Å². The molecule has 0 aromatic heterocycles. The van der Waals surface area contributed by atoms with Crippen molar-refractivity contribution in [3.05, 3.63) is 64.9 Å². The molecule has 0 unspecified atom stereocenters. The van der Waals surface area contributed by atoms with Crippen LogP contribution in [-0.4, -0.2) is 31.1 Å². The van der Waals surface area contributed by atoms with Crippen molar-refractivity contribution < 1.29 is 51.1 Å². The van der Waals surface area contributed by atoms with E-state index in [0.29, 0.717) is 21.7 Å². The Bertz CT molecular complexity index is 1280. The highest BCUT2D eigenvalue weighted by atomic mass is 35.5. The van der Waals surface area contributed by atoms with Crippen LogP contribution in [0.15, 0.2) is 58.5 Å². The number of alkyl carbamates (subject to hydrolysis) is 1. The molecule has 1 amide bonds. The Morgan fingerprint density at radius 2 is 1.80 bits per heavy atom. The van der Waals surface area contributed by atoms with Crippen LogP contribution in [0.25, 0.3) is 0 Å². The quantitative estimate of drug-likeness (QED) is 0.167. The second-order valence-corrected chi connectivity index (χ2v) is 12.6. The zero-order valence-electron chi connectivity index (χ0n) is 22.9. The lowest BCUT2D eigenvalue weighted by atomic mass is 9.93. The highest BCUT2D eigenvalue weighted by Gasteiger charge is 2.31. The number of hydrogen-bond donors (Lipinski definition) is 1. The summed E-state index contributed by atoms with van der Waals surface area (Å²) in [7, 11) is -3.91. The molecule has 0 heterocycles. The standard InChI is InChI=1S/C26H32ClF3NO8PS/c1-24(2,3)39-23(32)31-25(4,12-13-38-40(33,34)35)11-10-17-6-8-19(15-20(17)27)41-22-14-18(26(28,29)30)7-9-21(22)37-16-36-5/h6-9,12-15H,10-11,16H2,1-5H3,(H,31,32)(H2,33,34,35)/p-2/t25-/m0/s1. The van der Waals surface area contributed by atoms with Crippen molar-refractivity contribution in [1.29, 1.82) is 0 Å². The van der Waals surface area contributed by atoms with Crippen LogP contribution in [0, 0.1) is 0 Å². The predicted molar refractivity (Wildman–Crippen MR) is 143 cm³/mol. The molecule has 228 valence electrons. The summed E-state index contributed by atoms with van der Waals surface area (Å²) in [6, 6.07) is 8.02. The first-order valence-electron chi connectivity index (χ1n) is 12.0. The zero-order valence-corrected chi connectivity index (χ0v) is 25.3. The molecular formula is C26H30ClF3NO8PS-2. The summed E-state index contributed by atoms with van der Waals surface area (Å²) in [5, 5.41) is 2.92. The van der Waals surface area contributed by atoms with E-state index < -0.39 is 36.8 Å². The number of benzene rings is 2. The number of halogens is 4. The number of amides is 1. The summed E-state index contributed by atoms with van der Waals surface area (Å²) in [4.78, 5) is 34.8. The number of hydrogen-bond acceptors (Lipinski definition) is 9. The molecule has 9 nitrogen and oxygen atoms in total. The number of alkyl halides is 3. The van der Waals surface area contributed by atoms with Crippen molar-refractivity contribution in [2.75, 3.05) is 13.9 Å². The van der Waals surface area contributed by atoms with Crippen LogP contribution in [0.4, 0.5) is 18.0 Å². The van der Waals surface area contributed by atoms with Crippen LogP contribution in [0.3, 0.4) is 0 Å². The van der Waals surface area contributed by atoms with E-state index in [0.717, 1.165) is 23.9 Å². The van der Waals surface area contributed by atoms with Gasteiger partial charge in [0.25, 0.3) is 0 Å². The van der Waals surface area contributed by atoms with Gasteiger partial charge in [0.15, 0.2) is 6.79 Å². The Morgan fingerprint density at radius 1 is 1.12 bits per heavy atom. The molecule has 1 atom stereocenters. The first kappa shape index (κ1) is 34.8. The van der Waals surface area contributed by atoms with E-state index in [-0.39, 0.29) is 30.3 Å². The number of rotatable bonds is 12. The van der Waals surface area contributed by atoms with Gasteiger partial charge >= 0.3 is 12.3 Å². The third-order valence-corrected chi connectivity index (χ3v) is 6.94. The highest BCUT2D eigenvalue weighted by Crippen LogP contribution is 2.41. The minimum Gasteiger partial charge on any atom is -0.780 e. The van der Waals surface area contributed by atoms with Gasteiger partial charge in [0.05, 0.1) is 22.3 Å². The van der Waals surface area contributed by atoms with Crippen molar-refractivity contribution in [2.45, 2.75) is 67.6 Å². The molecule has 0 saturated carbocycles. The van der Waals surface area contributed by atoms with Crippen LogP contribution < -0.4 is 19.8 Å². The van der Waals surface area contributed by atoms with E-state index in [9.17, 15) is 32.3 Å². The Balaban J connectivity index is 2.26. The molecule has 2 aromatic rings. The molecule has 0 aliphatic carbocycles. The molecule has 2 rings (SSSR count). The molecule has 1 N–H and O–H groups in total. The molecule has 41 heavy (non-hydrogen) atoms. The van der Waals surface area contributed by atoms with Gasteiger partial charge in [-0.1, -0.05) is 29.4 Å². The topological polar surface area (TPSA) is 129 Å². The van der Waals surface area contributed by atoms with E-state index in [1.165, 1.54) is 19.3 Å². The Labute approximate surface area is 245 Å². The van der Waals surface area contributed by atoms with E-state index in [1.54, 1.807) is 45.9 Å². The number of nitrogens with one attached hydrogen (secondary N) is 1. The van der Waals surface area contributed by atoms with E-state index in [4.69, 9.17) is 25.8 Å². The number of phosphoric ester groups is 1. The average molecular weight is 640 g/mol. The molecule has 0 aliphatic rings. The summed E-state index contributed by atoms with van der Waals surface area (Å²) < 4.78 is 70.5. The number of carbonyl (C=O) groups excluding carboxylic acids is 1. The fraction of sp³-hybridized carbons (Fsp3) is 0.423. The molecule has 0 bridgehead atoms. The molecule has 0 spiro atoms. The molecule has 0 radical (unpaired) electrons. The highest BCUT2D eigenvalue weighted by molar-refractivity contribution is 7.99.